The summed E-state index contributed by atoms with van der Waals surface area (Å²) < 4.78 is 0. The van der Waals surface area contributed by atoms with Gasteiger partial charge in [-0.3, -0.25) is 0 Å². The van der Waals surface area contributed by atoms with Crippen molar-refractivity contribution in [1.82, 2.24) is 10.2 Å². The Labute approximate surface area is 123 Å². The molecule has 2 aliphatic rings. The van der Waals surface area contributed by atoms with Crippen molar-refractivity contribution in [2.45, 2.75) is 44.1 Å². The lowest BCUT2D eigenvalue weighted by Crippen LogP contribution is -2.45. The zero-order valence-electron chi connectivity index (χ0n) is 12.9. The fourth-order valence-electron chi connectivity index (χ4n) is 3.15. The summed E-state index contributed by atoms with van der Waals surface area (Å²) in [6.45, 7) is 5.93. The number of rotatable bonds is 8. The summed E-state index contributed by atoms with van der Waals surface area (Å²) in [5.41, 5.74) is 1.68. The van der Waals surface area contributed by atoms with E-state index in [2.05, 4.69) is 54.5 Å². The van der Waals surface area contributed by atoms with Crippen LogP contribution in [0.15, 0.2) is 30.3 Å². The molecule has 0 radical (unpaired) electrons. The summed E-state index contributed by atoms with van der Waals surface area (Å²) >= 11 is 0. The van der Waals surface area contributed by atoms with Gasteiger partial charge in [0.15, 0.2) is 0 Å². The molecule has 2 nitrogen and oxygen atoms in total. The molecule has 20 heavy (non-hydrogen) atoms. The van der Waals surface area contributed by atoms with E-state index in [0.717, 1.165) is 25.0 Å². The Bertz CT molecular complexity index is 422. The van der Waals surface area contributed by atoms with Gasteiger partial charge < -0.3 is 10.2 Å². The molecule has 1 aromatic rings. The highest BCUT2D eigenvalue weighted by molar-refractivity contribution is 5.26. The largest absolute Gasteiger partial charge is 0.313 e. The summed E-state index contributed by atoms with van der Waals surface area (Å²) in [5.74, 6) is 0.969. The van der Waals surface area contributed by atoms with E-state index < -0.39 is 0 Å². The van der Waals surface area contributed by atoms with Crippen LogP contribution in [0.5, 0.6) is 0 Å². The predicted octanol–water partition coefficient (Wildman–Crippen LogP) is 3.04. The zero-order valence-corrected chi connectivity index (χ0v) is 12.9. The van der Waals surface area contributed by atoms with Gasteiger partial charge in [-0.1, -0.05) is 37.3 Å². The Morgan fingerprint density at radius 2 is 1.85 bits per heavy atom. The lowest BCUT2D eigenvalue weighted by Gasteiger charge is -2.35. The van der Waals surface area contributed by atoms with Gasteiger partial charge >= 0.3 is 0 Å². The molecule has 0 heterocycles. The Balaban J connectivity index is 1.67. The second kappa shape index (κ2) is 5.87. The lowest BCUT2D eigenvalue weighted by molar-refractivity contribution is 0.241. The molecule has 2 aliphatic carbocycles. The Morgan fingerprint density at radius 3 is 2.45 bits per heavy atom. The lowest BCUT2D eigenvalue weighted by atomic mass is 9.81. The Morgan fingerprint density at radius 1 is 1.15 bits per heavy atom. The fraction of sp³-hybridized carbons (Fsp3) is 0.667. The maximum atomic E-state index is 3.74. The van der Waals surface area contributed by atoms with Gasteiger partial charge in [0.05, 0.1) is 0 Å². The molecule has 0 aliphatic heterocycles. The molecule has 1 N–H and O–H groups in total. The van der Waals surface area contributed by atoms with Crippen LogP contribution >= 0.6 is 0 Å². The monoisotopic (exact) mass is 272 g/mol. The maximum Gasteiger partial charge on any atom is 0.0177 e. The highest BCUT2D eigenvalue weighted by Gasteiger charge is 2.32. The molecule has 2 heteroatoms. The molecular weight excluding hydrogens is 244 g/mol. The van der Waals surface area contributed by atoms with Crippen LogP contribution in [-0.2, 0) is 5.41 Å². The van der Waals surface area contributed by atoms with E-state index in [1.165, 1.54) is 37.8 Å². The van der Waals surface area contributed by atoms with Gasteiger partial charge in [-0.25, -0.2) is 0 Å². The third-order valence-corrected chi connectivity index (χ3v) is 4.71. The van der Waals surface area contributed by atoms with Crippen molar-refractivity contribution in [1.29, 1.82) is 0 Å². The first kappa shape index (κ1) is 14.1. The SMILES string of the molecule is CN(CC1CC1)CC(C)(CNC1CC1)c1ccccc1. The van der Waals surface area contributed by atoms with Crippen molar-refractivity contribution in [3.05, 3.63) is 35.9 Å². The minimum Gasteiger partial charge on any atom is -0.313 e. The first-order chi connectivity index (χ1) is 9.66. The summed E-state index contributed by atoms with van der Waals surface area (Å²) in [6, 6.07) is 11.8. The molecule has 0 aromatic heterocycles. The van der Waals surface area contributed by atoms with E-state index in [1.807, 2.05) is 0 Å². The van der Waals surface area contributed by atoms with Gasteiger partial charge in [0.1, 0.15) is 0 Å². The van der Waals surface area contributed by atoms with Gasteiger partial charge in [-0.2, -0.15) is 0 Å². The van der Waals surface area contributed by atoms with Crippen LogP contribution in [0.3, 0.4) is 0 Å². The molecule has 1 aromatic carbocycles. The summed E-state index contributed by atoms with van der Waals surface area (Å²) in [7, 11) is 2.29. The Hall–Kier alpha value is -0.860. The molecular formula is C18H28N2. The predicted molar refractivity (Wildman–Crippen MR) is 85.0 cm³/mol. The van der Waals surface area contributed by atoms with Crippen LogP contribution in [0.1, 0.15) is 38.2 Å². The molecule has 0 spiro atoms. The normalized spacial score (nSPS) is 21.9. The third-order valence-electron chi connectivity index (χ3n) is 4.71. The average molecular weight is 272 g/mol. The molecule has 0 saturated heterocycles. The second-order valence-electron chi connectivity index (χ2n) is 7.22. The van der Waals surface area contributed by atoms with Crippen molar-refractivity contribution in [2.24, 2.45) is 5.92 Å². The first-order valence-corrected chi connectivity index (χ1v) is 8.13. The van der Waals surface area contributed by atoms with Crippen LogP contribution in [0, 0.1) is 5.92 Å². The number of nitrogens with one attached hydrogen (secondary N) is 1. The molecule has 0 amide bonds. The zero-order chi connectivity index (χ0) is 14.0. The average Bonchev–Trinajstić information content (AvgIpc) is 3.32. The molecule has 0 bridgehead atoms. The molecule has 110 valence electrons. The molecule has 2 saturated carbocycles. The van der Waals surface area contributed by atoms with Crippen LogP contribution in [0.4, 0.5) is 0 Å². The van der Waals surface area contributed by atoms with Crippen molar-refractivity contribution in [3.8, 4) is 0 Å². The van der Waals surface area contributed by atoms with Gasteiger partial charge in [0.2, 0.25) is 0 Å². The number of hydrogen-bond acceptors (Lipinski definition) is 2. The van der Waals surface area contributed by atoms with E-state index >= 15 is 0 Å². The van der Waals surface area contributed by atoms with Crippen LogP contribution in [-0.4, -0.2) is 37.6 Å². The first-order valence-electron chi connectivity index (χ1n) is 8.13. The molecule has 2 fully saturated rings. The minimum atomic E-state index is 0.216. The molecule has 3 rings (SSSR count). The third kappa shape index (κ3) is 3.83. The van der Waals surface area contributed by atoms with E-state index in [1.54, 1.807) is 0 Å². The van der Waals surface area contributed by atoms with Crippen LogP contribution in [0.25, 0.3) is 0 Å². The smallest absolute Gasteiger partial charge is 0.0177 e. The minimum absolute atomic E-state index is 0.216. The number of likely N-dealkylation sites (N-methyl/N-ethyl adjacent to an activating group) is 1. The van der Waals surface area contributed by atoms with Crippen LogP contribution < -0.4 is 5.32 Å². The topological polar surface area (TPSA) is 15.3 Å². The van der Waals surface area contributed by atoms with Crippen molar-refractivity contribution in [3.63, 3.8) is 0 Å². The highest BCUT2D eigenvalue weighted by Crippen LogP contribution is 2.31. The van der Waals surface area contributed by atoms with Gasteiger partial charge in [0.25, 0.3) is 0 Å². The summed E-state index contributed by atoms with van der Waals surface area (Å²) in [5, 5.41) is 3.74. The second-order valence-corrected chi connectivity index (χ2v) is 7.22. The van der Waals surface area contributed by atoms with Crippen molar-refractivity contribution in [2.75, 3.05) is 26.7 Å². The standard InChI is InChI=1S/C18H28N2/c1-18(13-19-17-10-11-17,16-6-4-3-5-7-16)14-20(2)12-15-8-9-15/h3-7,15,17,19H,8-14H2,1-2H3. The fourth-order valence-corrected chi connectivity index (χ4v) is 3.15. The van der Waals surface area contributed by atoms with Crippen LogP contribution in [0.2, 0.25) is 0 Å². The quantitative estimate of drug-likeness (QED) is 0.782. The summed E-state index contributed by atoms with van der Waals surface area (Å²) in [4.78, 5) is 2.54. The van der Waals surface area contributed by atoms with Gasteiger partial charge in [0, 0.05) is 31.1 Å². The van der Waals surface area contributed by atoms with E-state index in [4.69, 9.17) is 0 Å². The van der Waals surface area contributed by atoms with Gasteiger partial charge in [-0.05, 0) is 44.2 Å². The number of benzene rings is 1. The van der Waals surface area contributed by atoms with Crippen molar-refractivity contribution >= 4 is 0 Å². The molecule has 1 unspecified atom stereocenters. The van der Waals surface area contributed by atoms with Gasteiger partial charge in [-0.15, -0.1) is 0 Å². The van der Waals surface area contributed by atoms with E-state index in [9.17, 15) is 0 Å². The highest BCUT2D eigenvalue weighted by atomic mass is 15.1. The van der Waals surface area contributed by atoms with E-state index in [0.29, 0.717) is 0 Å². The molecule has 1 atom stereocenters. The van der Waals surface area contributed by atoms with Crippen molar-refractivity contribution < 1.29 is 0 Å². The van der Waals surface area contributed by atoms with E-state index in [-0.39, 0.29) is 5.41 Å². The Kier molecular flexibility index (Phi) is 4.13. The summed E-state index contributed by atoms with van der Waals surface area (Å²) in [6.07, 6.45) is 5.60. The maximum absolute atomic E-state index is 3.74. The number of nitrogens with zero attached hydrogens (tertiary/aromatic N) is 1. The number of hydrogen-bond donors (Lipinski definition) is 1.